The van der Waals surface area contributed by atoms with E-state index in [0.717, 1.165) is 16.0 Å². The molecule has 0 bridgehead atoms. The summed E-state index contributed by atoms with van der Waals surface area (Å²) in [5, 5.41) is 0. The average Bonchev–Trinajstić information content (AvgIpc) is 2.50. The smallest absolute Gasteiger partial charge is 0.228 e. The quantitative estimate of drug-likeness (QED) is 0.630. The molecule has 0 saturated carbocycles. The van der Waals surface area contributed by atoms with Gasteiger partial charge in [0.2, 0.25) is 5.91 Å². The van der Waals surface area contributed by atoms with Crippen LogP contribution in [-0.2, 0) is 18.3 Å². The third kappa shape index (κ3) is 2.76. The summed E-state index contributed by atoms with van der Waals surface area (Å²) in [6.45, 7) is 1.45. The summed E-state index contributed by atoms with van der Waals surface area (Å²) in [6.07, 6.45) is 1.14. The Bertz CT molecular complexity index is 895. The van der Waals surface area contributed by atoms with Crippen LogP contribution in [0.1, 0.15) is 6.92 Å². The molecule has 1 amide bonds. The molecule has 3 rings (SSSR count). The molecule has 0 fully saturated rings. The molecule has 0 N–H and O–H groups in total. The summed E-state index contributed by atoms with van der Waals surface area (Å²) in [6, 6.07) is 12.1. The second-order valence-electron chi connectivity index (χ2n) is 5.14. The van der Waals surface area contributed by atoms with Crippen molar-refractivity contribution in [3.8, 4) is 0 Å². The van der Waals surface area contributed by atoms with Crippen LogP contribution in [0, 0.1) is 0 Å². The normalized spacial score (nSPS) is 18.2. The lowest BCUT2D eigenvalue weighted by molar-refractivity contribution is -0.115. The van der Waals surface area contributed by atoms with Gasteiger partial charge in [0, 0.05) is 23.0 Å². The van der Waals surface area contributed by atoms with Crippen LogP contribution in [0.15, 0.2) is 57.2 Å². The van der Waals surface area contributed by atoms with E-state index in [-0.39, 0.29) is 10.8 Å². The summed E-state index contributed by atoms with van der Waals surface area (Å²) in [5.41, 5.74) is 1.22. The monoisotopic (exact) mass is 369 g/mol. The highest BCUT2D eigenvalue weighted by atomic mass is 32.3. The van der Waals surface area contributed by atoms with Gasteiger partial charge in [0.1, 0.15) is 0 Å². The number of sulfone groups is 1. The van der Waals surface area contributed by atoms with E-state index in [1.807, 2.05) is 24.3 Å². The van der Waals surface area contributed by atoms with Gasteiger partial charge in [-0.25, -0.2) is 8.42 Å². The Hall–Kier alpha value is -1.48. The van der Waals surface area contributed by atoms with Crippen LogP contribution in [0.2, 0.25) is 0 Å². The van der Waals surface area contributed by atoms with Crippen molar-refractivity contribution >= 4 is 51.2 Å². The minimum atomic E-state index is -3.38. The Morgan fingerprint density at radius 3 is 2.39 bits per heavy atom. The fourth-order valence-electron chi connectivity index (χ4n) is 2.60. The van der Waals surface area contributed by atoms with E-state index in [0.29, 0.717) is 11.4 Å². The number of amides is 1. The molecular weight excluding hydrogens is 354 g/mol. The van der Waals surface area contributed by atoms with Crippen molar-refractivity contribution in [3.05, 3.63) is 42.5 Å². The van der Waals surface area contributed by atoms with Gasteiger partial charge >= 0.3 is 0 Å². The topological polar surface area (TPSA) is 63.7 Å². The molecule has 1 aliphatic rings. The first kappa shape index (κ1) is 16.4. The molecule has 5 nitrogen and oxygen atoms in total. The molecule has 23 heavy (non-hydrogen) atoms. The number of carbonyl (C=O) groups is 1. The fourth-order valence-corrected chi connectivity index (χ4v) is 5.39. The van der Waals surface area contributed by atoms with Crippen molar-refractivity contribution in [2.75, 3.05) is 11.2 Å². The molecule has 1 unspecified atom stereocenters. The number of benzene rings is 2. The standard InChI is InChI=1S/C15H15NO4S3/c1-10(17)16-12-5-3-4-6-14(12)22(20-21)15-8-7-11(9-13(15)16)23(2,18)19/h3-9,21-22H,1-2H3. The van der Waals surface area contributed by atoms with Crippen molar-refractivity contribution < 1.29 is 16.8 Å². The number of carbonyl (C=O) groups excluding carboxylic acids is 1. The van der Waals surface area contributed by atoms with Gasteiger partial charge in [-0.1, -0.05) is 23.3 Å². The third-order valence-electron chi connectivity index (χ3n) is 3.57. The Morgan fingerprint density at radius 1 is 1.13 bits per heavy atom. The fraction of sp³-hybridized carbons (Fsp3) is 0.133. The summed E-state index contributed by atoms with van der Waals surface area (Å²) < 4.78 is 29.1. The van der Waals surface area contributed by atoms with Crippen LogP contribution in [0.3, 0.4) is 0 Å². The minimum absolute atomic E-state index is 0.163. The molecule has 0 aromatic heterocycles. The predicted octanol–water partition coefficient (Wildman–Crippen LogP) is 3.28. The van der Waals surface area contributed by atoms with Crippen LogP contribution in [0.5, 0.6) is 0 Å². The van der Waals surface area contributed by atoms with Gasteiger partial charge in [-0.3, -0.25) is 13.3 Å². The molecule has 2 aromatic rings. The van der Waals surface area contributed by atoms with Crippen molar-refractivity contribution in [3.63, 3.8) is 0 Å². The Labute approximate surface area is 143 Å². The molecule has 8 heteroatoms. The average molecular weight is 369 g/mol. The first-order chi connectivity index (χ1) is 10.8. The van der Waals surface area contributed by atoms with Crippen molar-refractivity contribution in [1.82, 2.24) is 0 Å². The third-order valence-corrected chi connectivity index (χ3v) is 6.97. The van der Waals surface area contributed by atoms with Gasteiger partial charge in [-0.15, -0.1) is 0 Å². The Morgan fingerprint density at radius 2 is 1.78 bits per heavy atom. The zero-order valence-corrected chi connectivity index (χ0v) is 15.0. The van der Waals surface area contributed by atoms with Crippen molar-refractivity contribution in [2.24, 2.45) is 0 Å². The Kier molecular flexibility index (Phi) is 4.18. The van der Waals surface area contributed by atoms with Gasteiger partial charge in [0.05, 0.1) is 16.3 Å². The lowest BCUT2D eigenvalue weighted by atomic mass is 10.2. The zero-order valence-electron chi connectivity index (χ0n) is 12.4. The molecule has 1 heterocycles. The minimum Gasteiger partial charge on any atom is -0.279 e. The SMILES string of the molecule is CC(=O)N1c2ccccc2[SH](OS)c2ccc(S(C)(=O)=O)cc21. The maximum absolute atomic E-state index is 12.2. The predicted molar refractivity (Wildman–Crippen MR) is 94.4 cm³/mol. The van der Waals surface area contributed by atoms with E-state index in [4.69, 9.17) is 3.63 Å². The van der Waals surface area contributed by atoms with Gasteiger partial charge < -0.3 is 0 Å². The highest BCUT2D eigenvalue weighted by Crippen LogP contribution is 2.58. The summed E-state index contributed by atoms with van der Waals surface area (Å²) in [7, 11) is -3.38. The summed E-state index contributed by atoms with van der Waals surface area (Å²) >= 11 is 2.76. The van der Waals surface area contributed by atoms with Gasteiger partial charge in [0.15, 0.2) is 9.84 Å². The van der Waals surface area contributed by atoms with E-state index in [1.54, 1.807) is 6.07 Å². The first-order valence-corrected chi connectivity index (χ1v) is 10.2. The number of hydrogen-bond acceptors (Lipinski definition) is 5. The van der Waals surface area contributed by atoms with E-state index in [1.165, 1.54) is 24.0 Å². The highest BCUT2D eigenvalue weighted by molar-refractivity contribution is 8.17. The molecule has 1 atom stereocenters. The van der Waals surface area contributed by atoms with Crippen LogP contribution in [0.4, 0.5) is 11.4 Å². The lowest BCUT2D eigenvalue weighted by Crippen LogP contribution is -2.27. The van der Waals surface area contributed by atoms with Gasteiger partial charge in [-0.2, -0.15) is 0 Å². The van der Waals surface area contributed by atoms with Crippen molar-refractivity contribution in [1.29, 1.82) is 0 Å². The first-order valence-electron chi connectivity index (χ1n) is 6.70. The van der Waals surface area contributed by atoms with E-state index >= 15 is 0 Å². The molecule has 0 spiro atoms. The summed E-state index contributed by atoms with van der Waals surface area (Å²) in [4.78, 5) is 15.5. The number of thiol groups is 2. The molecule has 0 radical (unpaired) electrons. The number of rotatable bonds is 2. The van der Waals surface area contributed by atoms with Gasteiger partial charge in [0.25, 0.3) is 0 Å². The molecular formula is C15H15NO4S3. The van der Waals surface area contributed by atoms with Crippen LogP contribution in [-0.4, -0.2) is 20.6 Å². The van der Waals surface area contributed by atoms with E-state index in [2.05, 4.69) is 12.9 Å². The summed E-state index contributed by atoms with van der Waals surface area (Å²) in [5.74, 6) is -0.196. The van der Waals surface area contributed by atoms with Crippen LogP contribution in [0.25, 0.3) is 0 Å². The number of nitrogens with zero attached hydrogens (tertiary/aromatic N) is 1. The number of para-hydroxylation sites is 1. The maximum atomic E-state index is 12.2. The molecule has 0 aliphatic carbocycles. The zero-order chi connectivity index (χ0) is 16.8. The second kappa shape index (κ2) is 5.86. The highest BCUT2D eigenvalue weighted by Gasteiger charge is 2.31. The number of anilines is 2. The molecule has 1 aliphatic heterocycles. The van der Waals surface area contributed by atoms with Crippen LogP contribution < -0.4 is 4.90 Å². The van der Waals surface area contributed by atoms with E-state index in [9.17, 15) is 13.2 Å². The number of fused-ring (bicyclic) bond motifs is 2. The van der Waals surface area contributed by atoms with E-state index < -0.39 is 21.0 Å². The van der Waals surface area contributed by atoms with Crippen molar-refractivity contribution in [2.45, 2.75) is 21.6 Å². The molecule has 122 valence electrons. The molecule has 2 aromatic carbocycles. The molecule has 0 saturated heterocycles. The van der Waals surface area contributed by atoms with Gasteiger partial charge in [-0.05, 0) is 43.2 Å². The maximum Gasteiger partial charge on any atom is 0.228 e. The lowest BCUT2D eigenvalue weighted by Gasteiger charge is -2.36. The largest absolute Gasteiger partial charge is 0.279 e. The van der Waals surface area contributed by atoms with Crippen LogP contribution >= 0.6 is 24.1 Å². The number of hydrogen-bond donors (Lipinski definition) is 2. The Balaban J connectivity index is 2.32. The second-order valence-corrected chi connectivity index (χ2v) is 9.36.